The molecule has 0 N–H and O–H groups in total. The first kappa shape index (κ1) is 12.4. The van der Waals surface area contributed by atoms with Gasteiger partial charge in [-0.2, -0.15) is 0 Å². The Kier molecular flexibility index (Phi) is 3.52. The molecule has 2 aromatic heterocycles. The number of nitro groups is 1. The number of hydrogen-bond acceptors (Lipinski definition) is 5. The van der Waals surface area contributed by atoms with Gasteiger partial charge in [-0.1, -0.05) is 0 Å². The number of hydrogen-bond donors (Lipinski definition) is 0. The zero-order valence-electron chi connectivity index (χ0n) is 9.33. The van der Waals surface area contributed by atoms with Crippen molar-refractivity contribution in [2.45, 2.75) is 6.92 Å². The van der Waals surface area contributed by atoms with Crippen molar-refractivity contribution in [3.05, 3.63) is 50.9 Å². The predicted molar refractivity (Wildman–Crippen MR) is 67.6 cm³/mol. The molecule has 0 spiro atoms. The number of ether oxygens (including phenoxy) is 1. The van der Waals surface area contributed by atoms with Crippen LogP contribution in [0.2, 0.25) is 0 Å². The molecule has 0 unspecified atom stereocenters. The van der Waals surface area contributed by atoms with E-state index in [1.807, 2.05) is 0 Å². The minimum Gasteiger partial charge on any atom is -0.432 e. The second-order valence-corrected chi connectivity index (χ2v) is 4.39. The minimum absolute atomic E-state index is 0.0418. The highest BCUT2D eigenvalue weighted by Gasteiger charge is 2.17. The number of aryl methyl sites for hydroxylation is 1. The lowest BCUT2D eigenvalue weighted by atomic mass is 10.3. The molecule has 0 aliphatic carbocycles. The Hall–Kier alpha value is -2.02. The lowest BCUT2D eigenvalue weighted by Gasteiger charge is -2.05. The highest BCUT2D eigenvalue weighted by molar-refractivity contribution is 9.10. The summed E-state index contributed by atoms with van der Waals surface area (Å²) in [5.74, 6) is 0.338. The molecule has 2 aromatic rings. The van der Waals surface area contributed by atoms with Crippen LogP contribution in [0.15, 0.2) is 35.1 Å². The van der Waals surface area contributed by atoms with E-state index in [-0.39, 0.29) is 11.6 Å². The van der Waals surface area contributed by atoms with Gasteiger partial charge in [0.1, 0.15) is 5.75 Å². The van der Waals surface area contributed by atoms with Crippen molar-refractivity contribution in [3.8, 4) is 11.6 Å². The van der Waals surface area contributed by atoms with Crippen molar-refractivity contribution in [2.75, 3.05) is 0 Å². The Morgan fingerprint density at radius 2 is 2.17 bits per heavy atom. The maximum absolute atomic E-state index is 10.9. The van der Waals surface area contributed by atoms with Crippen LogP contribution in [0.1, 0.15) is 5.69 Å². The maximum Gasteiger partial charge on any atom is 0.331 e. The normalized spacial score (nSPS) is 10.1. The second-order valence-electron chi connectivity index (χ2n) is 3.47. The molecule has 0 bridgehead atoms. The quantitative estimate of drug-likeness (QED) is 0.642. The minimum atomic E-state index is -0.535. The first-order valence-electron chi connectivity index (χ1n) is 4.96. The zero-order valence-corrected chi connectivity index (χ0v) is 10.9. The van der Waals surface area contributed by atoms with Gasteiger partial charge in [0.25, 0.3) is 5.88 Å². The summed E-state index contributed by atoms with van der Waals surface area (Å²) in [4.78, 5) is 18.2. The highest BCUT2D eigenvalue weighted by atomic mass is 79.9. The Labute approximate surface area is 111 Å². The van der Waals surface area contributed by atoms with Gasteiger partial charge in [-0.3, -0.25) is 15.1 Å². The Bertz CT molecular complexity index is 604. The molecular formula is C11H8BrN3O3. The van der Waals surface area contributed by atoms with Crippen molar-refractivity contribution < 1.29 is 9.66 Å². The van der Waals surface area contributed by atoms with Gasteiger partial charge in [0, 0.05) is 22.4 Å². The Morgan fingerprint density at radius 1 is 1.39 bits per heavy atom. The number of halogens is 1. The van der Waals surface area contributed by atoms with Crippen molar-refractivity contribution in [1.29, 1.82) is 0 Å². The molecule has 0 atom stereocenters. The molecule has 0 radical (unpaired) electrons. The van der Waals surface area contributed by atoms with Gasteiger partial charge in [-0.05, 0) is 35.0 Å². The van der Waals surface area contributed by atoms with Gasteiger partial charge in [0.15, 0.2) is 0 Å². The van der Waals surface area contributed by atoms with E-state index in [1.165, 1.54) is 12.3 Å². The van der Waals surface area contributed by atoms with Crippen LogP contribution in [0.4, 0.5) is 5.69 Å². The van der Waals surface area contributed by atoms with Crippen LogP contribution in [0.3, 0.4) is 0 Å². The summed E-state index contributed by atoms with van der Waals surface area (Å²) >= 11 is 3.24. The molecular weight excluding hydrogens is 302 g/mol. The molecule has 2 heterocycles. The van der Waals surface area contributed by atoms with Crippen molar-refractivity contribution in [1.82, 2.24) is 9.97 Å². The van der Waals surface area contributed by atoms with E-state index in [0.717, 1.165) is 4.47 Å². The number of nitrogens with zero attached hydrogens (tertiary/aromatic N) is 3. The maximum atomic E-state index is 10.9. The van der Waals surface area contributed by atoms with Crippen molar-refractivity contribution in [3.63, 3.8) is 0 Å². The number of aromatic nitrogens is 2. The SMILES string of the molecule is Cc1ccc([N+](=O)[O-])c(Oc2cncc(Br)c2)n1. The number of rotatable bonds is 3. The summed E-state index contributed by atoms with van der Waals surface area (Å²) in [5, 5.41) is 10.9. The second kappa shape index (κ2) is 5.09. The molecule has 0 fully saturated rings. The summed E-state index contributed by atoms with van der Waals surface area (Å²) in [6.07, 6.45) is 3.05. The lowest BCUT2D eigenvalue weighted by Crippen LogP contribution is -1.97. The van der Waals surface area contributed by atoms with Crippen LogP contribution in [-0.2, 0) is 0 Å². The zero-order chi connectivity index (χ0) is 13.1. The van der Waals surface area contributed by atoms with Gasteiger partial charge < -0.3 is 4.74 Å². The van der Waals surface area contributed by atoms with E-state index in [1.54, 1.807) is 25.3 Å². The first-order valence-corrected chi connectivity index (χ1v) is 5.76. The van der Waals surface area contributed by atoms with Crippen LogP contribution >= 0.6 is 15.9 Å². The van der Waals surface area contributed by atoms with E-state index < -0.39 is 4.92 Å². The van der Waals surface area contributed by atoms with Crippen LogP contribution < -0.4 is 4.74 Å². The van der Waals surface area contributed by atoms with Crippen LogP contribution in [0, 0.1) is 17.0 Å². The fraction of sp³-hybridized carbons (Fsp3) is 0.0909. The largest absolute Gasteiger partial charge is 0.432 e. The Balaban J connectivity index is 2.39. The Morgan fingerprint density at radius 3 is 2.83 bits per heavy atom. The molecule has 0 aliphatic heterocycles. The average molecular weight is 310 g/mol. The molecule has 0 amide bonds. The van der Waals surface area contributed by atoms with E-state index in [9.17, 15) is 10.1 Å². The third kappa shape index (κ3) is 2.80. The van der Waals surface area contributed by atoms with Crippen LogP contribution in [-0.4, -0.2) is 14.9 Å². The van der Waals surface area contributed by atoms with Crippen LogP contribution in [0.25, 0.3) is 0 Å². The summed E-state index contributed by atoms with van der Waals surface area (Å²) in [7, 11) is 0. The average Bonchev–Trinajstić information content (AvgIpc) is 2.28. The fourth-order valence-corrected chi connectivity index (χ4v) is 1.64. The highest BCUT2D eigenvalue weighted by Crippen LogP contribution is 2.29. The summed E-state index contributed by atoms with van der Waals surface area (Å²) in [5.41, 5.74) is 0.458. The molecule has 6 nitrogen and oxygen atoms in total. The monoisotopic (exact) mass is 309 g/mol. The topological polar surface area (TPSA) is 78.2 Å². The molecule has 7 heteroatoms. The molecule has 18 heavy (non-hydrogen) atoms. The van der Waals surface area contributed by atoms with Crippen molar-refractivity contribution in [2.24, 2.45) is 0 Å². The fourth-order valence-electron chi connectivity index (χ4n) is 1.30. The van der Waals surface area contributed by atoms with E-state index in [2.05, 4.69) is 25.9 Å². The molecule has 0 aliphatic rings. The summed E-state index contributed by atoms with van der Waals surface area (Å²) < 4.78 is 6.11. The molecule has 2 rings (SSSR count). The predicted octanol–water partition coefficient (Wildman–Crippen LogP) is 3.25. The third-order valence-corrected chi connectivity index (χ3v) is 2.50. The number of pyridine rings is 2. The van der Waals surface area contributed by atoms with Gasteiger partial charge in [0.05, 0.1) is 11.1 Å². The molecule has 92 valence electrons. The van der Waals surface area contributed by atoms with Gasteiger partial charge >= 0.3 is 5.69 Å². The third-order valence-electron chi connectivity index (χ3n) is 2.07. The van der Waals surface area contributed by atoms with E-state index >= 15 is 0 Å². The van der Waals surface area contributed by atoms with Gasteiger partial charge in [-0.15, -0.1) is 0 Å². The standard InChI is InChI=1S/C11H8BrN3O3/c1-7-2-3-10(15(16)17)11(14-7)18-9-4-8(12)5-13-6-9/h2-6H,1H3. The van der Waals surface area contributed by atoms with E-state index in [0.29, 0.717) is 11.4 Å². The van der Waals surface area contributed by atoms with Crippen LogP contribution in [0.5, 0.6) is 11.6 Å². The molecule has 0 aromatic carbocycles. The first-order chi connectivity index (χ1) is 8.56. The summed E-state index contributed by atoms with van der Waals surface area (Å²) in [6.45, 7) is 1.73. The van der Waals surface area contributed by atoms with E-state index in [4.69, 9.17) is 4.74 Å². The lowest BCUT2D eigenvalue weighted by molar-refractivity contribution is -0.386. The van der Waals surface area contributed by atoms with Gasteiger partial charge in [0.2, 0.25) is 0 Å². The summed E-state index contributed by atoms with van der Waals surface area (Å²) in [6, 6.07) is 4.58. The smallest absolute Gasteiger partial charge is 0.331 e. The van der Waals surface area contributed by atoms with Gasteiger partial charge in [-0.25, -0.2) is 4.98 Å². The van der Waals surface area contributed by atoms with Crippen molar-refractivity contribution >= 4 is 21.6 Å². The molecule has 0 saturated carbocycles. The molecule has 0 saturated heterocycles.